The number of hydrogen-bond acceptors (Lipinski definition) is 8. The highest BCUT2D eigenvalue weighted by Crippen LogP contribution is 2.41. The fraction of sp³-hybridized carbons (Fsp3) is 0.345. The molecule has 4 rings (SSSR count). The molecule has 2 aromatic carbocycles. The normalized spacial score (nSPS) is 14.0. The van der Waals surface area contributed by atoms with E-state index in [4.69, 9.17) is 10.00 Å². The Morgan fingerprint density at radius 2 is 2.02 bits per heavy atom. The van der Waals surface area contributed by atoms with Gasteiger partial charge in [-0.1, -0.05) is 19.1 Å². The van der Waals surface area contributed by atoms with E-state index in [9.17, 15) is 14.3 Å². The number of aromatic nitrogens is 4. The second-order valence-electron chi connectivity index (χ2n) is 9.93. The van der Waals surface area contributed by atoms with E-state index in [2.05, 4.69) is 21.5 Å². The van der Waals surface area contributed by atoms with Crippen LogP contribution in [0.25, 0.3) is 11.3 Å². The summed E-state index contributed by atoms with van der Waals surface area (Å²) in [4.78, 5) is 18.5. The minimum absolute atomic E-state index is 0.238. The second kappa shape index (κ2) is 13.2. The maximum absolute atomic E-state index is 15.2. The van der Waals surface area contributed by atoms with Gasteiger partial charge >= 0.3 is 6.09 Å². The Bertz CT molecular complexity index is 1570. The average Bonchev–Trinajstić information content (AvgIpc) is 3.67. The highest BCUT2D eigenvalue weighted by Gasteiger charge is 2.43. The van der Waals surface area contributed by atoms with Crippen LogP contribution in [0.3, 0.4) is 0 Å². The number of aliphatic hydroxyl groups is 1. The number of ether oxygens (including phenoxy) is 1. The third-order valence-electron chi connectivity index (χ3n) is 7.02. The van der Waals surface area contributed by atoms with Crippen LogP contribution in [0.4, 0.5) is 13.6 Å². The first-order valence-electron chi connectivity index (χ1n) is 13.2. The molecule has 3 unspecified atom stereocenters. The number of carbonyl (C=O) groups is 1. The van der Waals surface area contributed by atoms with Crippen molar-refractivity contribution in [1.82, 2.24) is 25.0 Å². The Kier molecular flexibility index (Phi) is 9.62. The Morgan fingerprint density at radius 1 is 1.29 bits per heavy atom. The van der Waals surface area contributed by atoms with Crippen molar-refractivity contribution in [2.45, 2.75) is 38.1 Å². The van der Waals surface area contributed by atoms with Crippen molar-refractivity contribution < 1.29 is 28.0 Å². The first-order valence-corrected chi connectivity index (χ1v) is 14.1. The molecule has 2 N–H and O–H groups in total. The minimum Gasteiger partial charge on any atom is -0.412 e. The molecule has 0 radical (unpaired) electrons. The van der Waals surface area contributed by atoms with Crippen LogP contribution in [0.15, 0.2) is 60.5 Å². The predicted molar refractivity (Wildman–Crippen MR) is 151 cm³/mol. The molecule has 220 valence electrons. The molecular formula is C29H32F2N7O3S+. The van der Waals surface area contributed by atoms with E-state index in [-0.39, 0.29) is 12.1 Å². The van der Waals surface area contributed by atoms with Crippen LogP contribution < -0.4 is 9.88 Å². The van der Waals surface area contributed by atoms with Gasteiger partial charge in [-0.25, -0.2) is 18.6 Å². The highest BCUT2D eigenvalue weighted by atomic mass is 32.1. The lowest BCUT2D eigenvalue weighted by Crippen LogP contribution is -2.42. The Balaban J connectivity index is 1.62. The summed E-state index contributed by atoms with van der Waals surface area (Å²) in [5.41, 5.74) is -0.292. The zero-order valence-corrected chi connectivity index (χ0v) is 24.5. The number of carbonyl (C=O) groups excluding carboxylic acids is 1. The Hall–Kier alpha value is -4.25. The maximum Gasteiger partial charge on any atom is 0.412 e. The van der Waals surface area contributed by atoms with Gasteiger partial charge in [0.1, 0.15) is 23.8 Å². The van der Waals surface area contributed by atoms with Gasteiger partial charge in [0.2, 0.25) is 12.6 Å². The highest BCUT2D eigenvalue weighted by molar-refractivity contribution is 7.10. The summed E-state index contributed by atoms with van der Waals surface area (Å²) < 4.78 is 37.9. The molecule has 2 aromatic heterocycles. The molecular weight excluding hydrogens is 564 g/mol. The third kappa shape index (κ3) is 6.79. The number of likely N-dealkylation sites (N-methyl/N-ethyl adjacent to an activating group) is 2. The van der Waals surface area contributed by atoms with Crippen molar-refractivity contribution in [3.05, 3.63) is 88.3 Å². The molecule has 4 aromatic rings. The molecule has 0 saturated carbocycles. The number of halogens is 2. The summed E-state index contributed by atoms with van der Waals surface area (Å²) in [5, 5.41) is 30.7. The quantitative estimate of drug-likeness (QED) is 0.252. The second-order valence-corrected chi connectivity index (χ2v) is 10.8. The standard InChI is InChI=1S/C29H32F2N7O3S/c1-19(27-35-26(15-42-27)22-7-5-21(14-32)6-8-22)29(40,24-13-23(30)9-10-25(24)31)16-38-18-37(17-34-38)20(2)41-28(39)36(4)12-11-33-3/h5-10,13,15,17-20,33,40H,11-12,16H2,1-4H3/q+1. The first kappa shape index (κ1) is 30.7. The summed E-state index contributed by atoms with van der Waals surface area (Å²) in [6, 6.07) is 11.9. The van der Waals surface area contributed by atoms with E-state index in [0.717, 1.165) is 23.8 Å². The molecule has 0 saturated heterocycles. The van der Waals surface area contributed by atoms with Gasteiger partial charge in [0.15, 0.2) is 0 Å². The largest absolute Gasteiger partial charge is 0.412 e. The van der Waals surface area contributed by atoms with Gasteiger partial charge in [0.05, 0.1) is 22.3 Å². The van der Waals surface area contributed by atoms with Gasteiger partial charge in [0.25, 0.3) is 6.33 Å². The van der Waals surface area contributed by atoms with Crippen LogP contribution in [-0.4, -0.2) is 58.0 Å². The molecule has 0 bridgehead atoms. The summed E-state index contributed by atoms with van der Waals surface area (Å²) >= 11 is 1.28. The van der Waals surface area contributed by atoms with E-state index in [1.54, 1.807) is 57.6 Å². The fourth-order valence-corrected chi connectivity index (χ4v) is 5.32. The number of benzene rings is 2. The zero-order chi connectivity index (χ0) is 30.4. The van der Waals surface area contributed by atoms with Crippen LogP contribution in [0.1, 0.15) is 42.1 Å². The van der Waals surface area contributed by atoms with Crippen molar-refractivity contribution >= 4 is 17.4 Å². The lowest BCUT2D eigenvalue weighted by atomic mass is 9.82. The Labute approximate surface area is 246 Å². The lowest BCUT2D eigenvalue weighted by molar-refractivity contribution is -0.753. The smallest absolute Gasteiger partial charge is 0.412 e. The van der Waals surface area contributed by atoms with Gasteiger partial charge in [-0.15, -0.1) is 16.0 Å². The summed E-state index contributed by atoms with van der Waals surface area (Å²) in [6.07, 6.45) is 1.69. The maximum atomic E-state index is 15.2. The third-order valence-corrected chi connectivity index (χ3v) is 8.04. The number of amides is 1. The van der Waals surface area contributed by atoms with Gasteiger partial charge in [0, 0.05) is 54.6 Å². The predicted octanol–water partition coefficient (Wildman–Crippen LogP) is 3.94. The molecule has 10 nitrogen and oxygen atoms in total. The van der Waals surface area contributed by atoms with Crippen molar-refractivity contribution in [2.75, 3.05) is 27.2 Å². The molecule has 0 fully saturated rings. The van der Waals surface area contributed by atoms with Gasteiger partial charge in [-0.3, -0.25) is 0 Å². The van der Waals surface area contributed by atoms with Gasteiger partial charge < -0.3 is 20.1 Å². The lowest BCUT2D eigenvalue weighted by Gasteiger charge is -2.32. The number of nitrogens with zero attached hydrogens (tertiary/aromatic N) is 6. The van der Waals surface area contributed by atoms with Crippen LogP contribution >= 0.6 is 11.3 Å². The van der Waals surface area contributed by atoms with E-state index in [1.165, 1.54) is 38.1 Å². The minimum atomic E-state index is -1.97. The number of rotatable bonds is 11. The van der Waals surface area contributed by atoms with E-state index >= 15 is 4.39 Å². The van der Waals surface area contributed by atoms with Crippen molar-refractivity contribution in [1.29, 1.82) is 5.26 Å². The molecule has 1 amide bonds. The van der Waals surface area contributed by atoms with E-state index in [0.29, 0.717) is 29.4 Å². The van der Waals surface area contributed by atoms with Crippen LogP contribution in [0.5, 0.6) is 0 Å². The molecule has 2 heterocycles. The van der Waals surface area contributed by atoms with Crippen LogP contribution in [-0.2, 0) is 16.9 Å². The Morgan fingerprint density at radius 3 is 2.71 bits per heavy atom. The monoisotopic (exact) mass is 596 g/mol. The molecule has 0 aliphatic carbocycles. The SMILES string of the molecule is CNCCN(C)C(=O)OC(C)[n+]1cnn(CC(O)(c2cc(F)ccc2F)C(C)c2nc(-c3ccc(C#N)cc3)cs2)c1. The van der Waals surface area contributed by atoms with Crippen molar-refractivity contribution in [3.8, 4) is 17.3 Å². The number of nitriles is 1. The van der Waals surface area contributed by atoms with Gasteiger partial charge in [-0.05, 0) is 37.4 Å². The van der Waals surface area contributed by atoms with Crippen LogP contribution in [0.2, 0.25) is 0 Å². The number of hydrogen-bond donors (Lipinski definition) is 2. The summed E-state index contributed by atoms with van der Waals surface area (Å²) in [5.74, 6) is -2.27. The van der Waals surface area contributed by atoms with E-state index in [1.807, 2.05) is 0 Å². The van der Waals surface area contributed by atoms with Crippen molar-refractivity contribution in [2.24, 2.45) is 0 Å². The fourth-order valence-electron chi connectivity index (χ4n) is 4.35. The zero-order valence-electron chi connectivity index (χ0n) is 23.7. The summed E-state index contributed by atoms with van der Waals surface area (Å²) in [6.45, 7) is 4.16. The molecule has 3 atom stereocenters. The molecule has 0 aliphatic rings. The molecule has 0 aliphatic heterocycles. The topological polar surface area (TPSA) is 120 Å². The average molecular weight is 597 g/mol. The molecule has 0 spiro atoms. The van der Waals surface area contributed by atoms with E-state index < -0.39 is 35.5 Å². The number of nitrogens with one attached hydrogen (secondary N) is 1. The first-order chi connectivity index (χ1) is 20.0. The van der Waals surface area contributed by atoms with Crippen LogP contribution in [0, 0.1) is 23.0 Å². The van der Waals surface area contributed by atoms with Gasteiger partial charge in [-0.2, -0.15) is 9.83 Å². The summed E-state index contributed by atoms with van der Waals surface area (Å²) in [7, 11) is 3.41. The number of thiazole rings is 1. The molecule has 42 heavy (non-hydrogen) atoms. The van der Waals surface area contributed by atoms with Crippen molar-refractivity contribution in [3.63, 3.8) is 0 Å². The molecule has 13 heteroatoms.